The van der Waals surface area contributed by atoms with E-state index < -0.39 is 10.1 Å². The first-order chi connectivity index (χ1) is 14.8. The quantitative estimate of drug-likeness (QED) is 0.465. The summed E-state index contributed by atoms with van der Waals surface area (Å²) >= 11 is 9.32. The Kier molecular flexibility index (Phi) is 7.79. The van der Waals surface area contributed by atoms with E-state index in [1.165, 1.54) is 0 Å². The van der Waals surface area contributed by atoms with Gasteiger partial charge in [-0.3, -0.25) is 8.86 Å². The largest absolute Gasteiger partial charge is 0.370 e. The SMILES string of the molecule is CC1(C)CC(Cn2ncc(Br)c2Cl)O1.Cc1ccc(S(=O)(=O)OCC2CC(C)(C)O2)cc1. The Morgan fingerprint density at radius 1 is 1.12 bits per heavy atom. The van der Waals surface area contributed by atoms with Crippen molar-refractivity contribution in [2.45, 2.75) is 82.3 Å². The molecule has 0 spiro atoms. The Balaban J connectivity index is 0.000000186. The summed E-state index contributed by atoms with van der Waals surface area (Å²) < 4.78 is 42.5. The Bertz CT molecular complexity index is 1020. The summed E-state index contributed by atoms with van der Waals surface area (Å²) in [6, 6.07) is 6.60. The number of rotatable bonds is 6. The van der Waals surface area contributed by atoms with Gasteiger partial charge in [0.1, 0.15) is 5.15 Å². The maximum Gasteiger partial charge on any atom is 0.297 e. The van der Waals surface area contributed by atoms with Crippen molar-refractivity contribution in [2.24, 2.45) is 0 Å². The lowest BCUT2D eigenvalue weighted by atomic mass is 9.93. The first-order valence-electron chi connectivity index (χ1n) is 10.4. The van der Waals surface area contributed by atoms with Crippen LogP contribution in [-0.2, 0) is 30.3 Å². The number of hydrogen-bond acceptors (Lipinski definition) is 6. The average Bonchev–Trinajstić information content (AvgIpc) is 2.96. The zero-order valence-electron chi connectivity index (χ0n) is 19.0. The lowest BCUT2D eigenvalue weighted by Crippen LogP contribution is -2.48. The third-order valence-electron chi connectivity index (χ3n) is 5.24. The van der Waals surface area contributed by atoms with Crippen LogP contribution in [0.25, 0.3) is 0 Å². The van der Waals surface area contributed by atoms with Crippen LogP contribution in [0.1, 0.15) is 46.1 Å². The van der Waals surface area contributed by atoms with E-state index in [9.17, 15) is 8.42 Å². The predicted octanol–water partition coefficient (Wildman–Crippen LogP) is 5.13. The molecule has 2 unspecified atom stereocenters. The van der Waals surface area contributed by atoms with Crippen molar-refractivity contribution in [2.75, 3.05) is 6.61 Å². The second kappa shape index (κ2) is 9.72. The number of ether oxygens (including phenoxy) is 2. The highest BCUT2D eigenvalue weighted by atomic mass is 79.9. The maximum absolute atomic E-state index is 11.9. The first kappa shape index (κ1) is 25.6. The summed E-state index contributed by atoms with van der Waals surface area (Å²) in [6.45, 7) is 10.8. The maximum atomic E-state index is 11.9. The van der Waals surface area contributed by atoms with Gasteiger partial charge in [-0.25, -0.2) is 0 Å². The van der Waals surface area contributed by atoms with Crippen molar-refractivity contribution in [1.82, 2.24) is 9.78 Å². The Hall–Kier alpha value is -0.970. The van der Waals surface area contributed by atoms with Crippen molar-refractivity contribution in [3.05, 3.63) is 45.7 Å². The van der Waals surface area contributed by atoms with Crippen molar-refractivity contribution < 1.29 is 22.1 Å². The van der Waals surface area contributed by atoms with Crippen molar-refractivity contribution in [1.29, 1.82) is 0 Å². The van der Waals surface area contributed by atoms with E-state index in [1.54, 1.807) is 35.1 Å². The van der Waals surface area contributed by atoms with Gasteiger partial charge in [0.2, 0.25) is 0 Å². The molecule has 7 nitrogen and oxygen atoms in total. The topological polar surface area (TPSA) is 79.7 Å². The molecular weight excluding hydrogens is 520 g/mol. The summed E-state index contributed by atoms with van der Waals surface area (Å²) in [4.78, 5) is 0.187. The van der Waals surface area contributed by atoms with Crippen LogP contribution in [0.3, 0.4) is 0 Å². The fraction of sp³-hybridized carbons (Fsp3) is 0.591. The number of nitrogens with zero attached hydrogens (tertiary/aromatic N) is 2. The van der Waals surface area contributed by atoms with Gasteiger partial charge in [0.25, 0.3) is 10.1 Å². The molecule has 0 N–H and O–H groups in total. The lowest BCUT2D eigenvalue weighted by Gasteiger charge is -2.43. The molecule has 10 heteroatoms. The molecule has 0 amide bonds. The summed E-state index contributed by atoms with van der Waals surface area (Å²) in [5, 5.41) is 4.78. The molecule has 1 aromatic carbocycles. The molecule has 0 saturated carbocycles. The van der Waals surface area contributed by atoms with Crippen molar-refractivity contribution in [3.8, 4) is 0 Å². The van der Waals surface area contributed by atoms with Crippen LogP contribution in [0.4, 0.5) is 0 Å². The number of aryl methyl sites for hydroxylation is 1. The van der Waals surface area contributed by atoms with Crippen LogP contribution in [0.15, 0.2) is 39.8 Å². The van der Waals surface area contributed by atoms with Crippen molar-refractivity contribution in [3.63, 3.8) is 0 Å². The molecule has 2 aliphatic rings. The highest BCUT2D eigenvalue weighted by molar-refractivity contribution is 9.10. The smallest absolute Gasteiger partial charge is 0.297 e. The van der Waals surface area contributed by atoms with Gasteiger partial charge in [-0.15, -0.1) is 0 Å². The molecular formula is C22H30BrClN2O5S. The Morgan fingerprint density at radius 2 is 1.66 bits per heavy atom. The summed E-state index contributed by atoms with van der Waals surface area (Å²) in [5.74, 6) is 0. The third-order valence-corrected chi connectivity index (χ3v) is 7.74. The molecule has 2 aromatic rings. The van der Waals surface area contributed by atoms with E-state index in [2.05, 4.69) is 34.9 Å². The third kappa shape index (κ3) is 6.77. The number of halogens is 2. The molecule has 1 aromatic heterocycles. The molecule has 0 bridgehead atoms. The zero-order chi connectivity index (χ0) is 23.7. The van der Waals surface area contributed by atoms with Gasteiger partial charge < -0.3 is 9.47 Å². The van der Waals surface area contributed by atoms with Crippen LogP contribution in [-0.4, -0.2) is 48.2 Å². The van der Waals surface area contributed by atoms with Gasteiger partial charge in [0.05, 0.1) is 52.1 Å². The average molecular weight is 550 g/mol. The number of hydrogen-bond donors (Lipinski definition) is 0. The van der Waals surface area contributed by atoms with Crippen LogP contribution >= 0.6 is 27.5 Å². The van der Waals surface area contributed by atoms with Gasteiger partial charge in [-0.1, -0.05) is 29.3 Å². The fourth-order valence-electron chi connectivity index (χ4n) is 3.78. The molecule has 0 radical (unpaired) electrons. The second-order valence-electron chi connectivity index (χ2n) is 9.42. The zero-order valence-corrected chi connectivity index (χ0v) is 22.1. The summed E-state index contributed by atoms with van der Waals surface area (Å²) in [6.07, 6.45) is 3.69. The van der Waals surface area contributed by atoms with E-state index in [1.807, 2.05) is 20.8 Å². The van der Waals surface area contributed by atoms with Gasteiger partial charge >= 0.3 is 0 Å². The molecule has 3 heterocycles. The van der Waals surface area contributed by atoms with Crippen molar-refractivity contribution >= 4 is 37.6 Å². The number of benzene rings is 1. The monoisotopic (exact) mass is 548 g/mol. The highest BCUT2D eigenvalue weighted by Gasteiger charge is 2.38. The Morgan fingerprint density at radius 3 is 2.12 bits per heavy atom. The standard InChI is InChI=1S/C13H18O4S.C9H12BrClN2O/c1-10-4-6-12(7-5-10)18(14,15)16-9-11-8-13(2,3)17-11;1-9(2)3-6(14-9)5-13-8(11)7(10)4-12-13/h4-7,11H,8-9H2,1-3H3;4,6H,3,5H2,1-2H3. The molecule has 2 atom stereocenters. The molecule has 0 aliphatic carbocycles. The normalized spacial score (nSPS) is 23.5. The minimum atomic E-state index is -3.67. The summed E-state index contributed by atoms with van der Waals surface area (Å²) in [5.41, 5.74) is 0.890. The van der Waals surface area contributed by atoms with Crippen LogP contribution in [0.2, 0.25) is 5.15 Å². The molecule has 2 saturated heterocycles. The van der Waals surface area contributed by atoms with Crippen LogP contribution < -0.4 is 0 Å². The van der Waals surface area contributed by atoms with E-state index >= 15 is 0 Å². The number of aromatic nitrogens is 2. The molecule has 2 fully saturated rings. The minimum Gasteiger partial charge on any atom is -0.370 e. The predicted molar refractivity (Wildman–Crippen MR) is 126 cm³/mol. The first-order valence-corrected chi connectivity index (χ1v) is 13.0. The van der Waals surface area contributed by atoms with E-state index in [-0.39, 0.29) is 34.9 Å². The molecule has 178 valence electrons. The van der Waals surface area contributed by atoms with Gasteiger partial charge in [-0.2, -0.15) is 13.5 Å². The van der Waals surface area contributed by atoms with E-state index in [0.717, 1.165) is 29.4 Å². The summed E-state index contributed by atoms with van der Waals surface area (Å²) in [7, 11) is -3.67. The Labute approximate surface area is 203 Å². The highest BCUT2D eigenvalue weighted by Crippen LogP contribution is 2.34. The van der Waals surface area contributed by atoms with E-state index in [4.69, 9.17) is 25.3 Å². The van der Waals surface area contributed by atoms with Crippen LogP contribution in [0.5, 0.6) is 0 Å². The van der Waals surface area contributed by atoms with Gasteiger partial charge in [0.15, 0.2) is 0 Å². The molecule has 32 heavy (non-hydrogen) atoms. The van der Waals surface area contributed by atoms with E-state index in [0.29, 0.717) is 5.15 Å². The lowest BCUT2D eigenvalue weighted by molar-refractivity contribution is -0.193. The van der Waals surface area contributed by atoms with Crippen LogP contribution in [0, 0.1) is 6.92 Å². The minimum absolute atomic E-state index is 0.0293. The fourth-order valence-corrected chi connectivity index (χ4v) is 5.17. The second-order valence-corrected chi connectivity index (χ2v) is 12.3. The van der Waals surface area contributed by atoms with Gasteiger partial charge in [0, 0.05) is 12.8 Å². The molecule has 2 aliphatic heterocycles. The molecule has 4 rings (SSSR count). The van der Waals surface area contributed by atoms with Gasteiger partial charge in [-0.05, 0) is 62.7 Å².